The van der Waals surface area contributed by atoms with Crippen LogP contribution in [0.15, 0.2) is 28.7 Å². The summed E-state index contributed by atoms with van der Waals surface area (Å²) in [4.78, 5) is 29.3. The molecule has 1 aliphatic rings. The van der Waals surface area contributed by atoms with E-state index in [1.807, 2.05) is 18.4 Å². The van der Waals surface area contributed by atoms with Crippen LogP contribution in [-0.2, 0) is 15.0 Å². The lowest BCUT2D eigenvalue weighted by molar-refractivity contribution is -0.118. The summed E-state index contributed by atoms with van der Waals surface area (Å²) in [5.41, 5.74) is 2.57. The molecule has 2 heterocycles. The summed E-state index contributed by atoms with van der Waals surface area (Å²) in [6.07, 6.45) is 0.501. The zero-order valence-electron chi connectivity index (χ0n) is 15.7. The van der Waals surface area contributed by atoms with E-state index in [0.717, 1.165) is 11.3 Å². The van der Waals surface area contributed by atoms with E-state index >= 15 is 0 Å². The SMILES string of the molecule is Cc1ccc(N2N=C(C(=O)Nc3nc(C(C)(C)C)cs3)CCC2=O)cc1Cl. The van der Waals surface area contributed by atoms with E-state index < -0.39 is 0 Å². The van der Waals surface area contributed by atoms with Gasteiger partial charge in [-0.25, -0.2) is 9.99 Å². The summed E-state index contributed by atoms with van der Waals surface area (Å²) in [6, 6.07) is 5.26. The maximum Gasteiger partial charge on any atom is 0.273 e. The third-order valence-corrected chi connectivity index (χ3v) is 5.35. The van der Waals surface area contributed by atoms with Crippen LogP contribution >= 0.6 is 22.9 Å². The van der Waals surface area contributed by atoms with Crippen LogP contribution in [0.2, 0.25) is 5.02 Å². The number of nitrogens with one attached hydrogen (secondary N) is 1. The fourth-order valence-electron chi connectivity index (χ4n) is 2.48. The molecule has 27 heavy (non-hydrogen) atoms. The standard InChI is InChI=1S/C19H21ClN4O2S/c1-11-5-6-12(9-13(11)20)24-16(25)8-7-14(23-24)17(26)22-18-21-15(10-27-18)19(2,3)4/h5-6,9-10H,7-8H2,1-4H3,(H,21,22,26). The van der Waals surface area contributed by atoms with Crippen LogP contribution in [0, 0.1) is 6.92 Å². The molecule has 0 saturated carbocycles. The van der Waals surface area contributed by atoms with Crippen molar-refractivity contribution in [2.24, 2.45) is 5.10 Å². The summed E-state index contributed by atoms with van der Waals surface area (Å²) in [6.45, 7) is 8.07. The third-order valence-electron chi connectivity index (χ3n) is 4.19. The molecule has 1 aliphatic heterocycles. The predicted octanol–water partition coefficient (Wildman–Crippen LogP) is 4.52. The number of aromatic nitrogens is 1. The van der Waals surface area contributed by atoms with Gasteiger partial charge in [-0.05, 0) is 24.6 Å². The van der Waals surface area contributed by atoms with Gasteiger partial charge in [-0.2, -0.15) is 5.10 Å². The van der Waals surface area contributed by atoms with Crippen molar-refractivity contribution in [3.05, 3.63) is 39.9 Å². The van der Waals surface area contributed by atoms with Gasteiger partial charge >= 0.3 is 0 Å². The number of amides is 2. The van der Waals surface area contributed by atoms with Gasteiger partial charge in [0.2, 0.25) is 5.91 Å². The molecule has 0 unspecified atom stereocenters. The Labute approximate surface area is 167 Å². The Hall–Kier alpha value is -2.25. The van der Waals surface area contributed by atoms with Gasteiger partial charge in [0.15, 0.2) is 5.13 Å². The minimum absolute atomic E-state index is 0.0875. The minimum Gasteiger partial charge on any atom is -0.297 e. The van der Waals surface area contributed by atoms with Crippen molar-refractivity contribution in [3.63, 3.8) is 0 Å². The molecule has 0 atom stereocenters. The number of hydrazone groups is 1. The van der Waals surface area contributed by atoms with Gasteiger partial charge in [-0.3, -0.25) is 14.9 Å². The van der Waals surface area contributed by atoms with E-state index in [0.29, 0.717) is 21.6 Å². The van der Waals surface area contributed by atoms with E-state index in [1.54, 1.807) is 12.1 Å². The number of rotatable bonds is 3. The van der Waals surface area contributed by atoms with Crippen LogP contribution in [-0.4, -0.2) is 22.5 Å². The fourth-order valence-corrected chi connectivity index (χ4v) is 3.58. The molecule has 0 saturated heterocycles. The van der Waals surface area contributed by atoms with Crippen LogP contribution in [0.25, 0.3) is 0 Å². The summed E-state index contributed by atoms with van der Waals surface area (Å²) < 4.78 is 0. The van der Waals surface area contributed by atoms with Crippen molar-refractivity contribution in [1.82, 2.24) is 4.98 Å². The van der Waals surface area contributed by atoms with Crippen LogP contribution in [0.3, 0.4) is 0 Å². The van der Waals surface area contributed by atoms with E-state index in [9.17, 15) is 9.59 Å². The average Bonchev–Trinajstić information content (AvgIpc) is 3.06. The number of hydrogen-bond donors (Lipinski definition) is 1. The molecule has 0 radical (unpaired) electrons. The van der Waals surface area contributed by atoms with Crippen LogP contribution < -0.4 is 10.3 Å². The zero-order chi connectivity index (χ0) is 19.8. The van der Waals surface area contributed by atoms with Gasteiger partial charge in [-0.1, -0.05) is 38.4 Å². The first-order valence-electron chi connectivity index (χ1n) is 8.59. The highest BCUT2D eigenvalue weighted by atomic mass is 35.5. The number of nitrogens with zero attached hydrogens (tertiary/aromatic N) is 3. The van der Waals surface area contributed by atoms with Crippen molar-refractivity contribution in [1.29, 1.82) is 0 Å². The molecule has 3 rings (SSSR count). The second-order valence-electron chi connectivity index (χ2n) is 7.43. The lowest BCUT2D eigenvalue weighted by atomic mass is 9.93. The first kappa shape index (κ1) is 19.5. The molecule has 142 valence electrons. The summed E-state index contributed by atoms with van der Waals surface area (Å²) in [7, 11) is 0. The Morgan fingerprint density at radius 3 is 2.67 bits per heavy atom. The summed E-state index contributed by atoms with van der Waals surface area (Å²) in [5.74, 6) is -0.517. The minimum atomic E-state index is -0.347. The monoisotopic (exact) mass is 404 g/mol. The number of thiazole rings is 1. The number of carbonyl (C=O) groups excluding carboxylic acids is 2. The second-order valence-corrected chi connectivity index (χ2v) is 8.69. The topological polar surface area (TPSA) is 74.7 Å². The van der Waals surface area contributed by atoms with Crippen molar-refractivity contribution in [2.45, 2.75) is 46.0 Å². The molecule has 2 amide bonds. The van der Waals surface area contributed by atoms with Gasteiger partial charge in [0.05, 0.1) is 11.4 Å². The Kier molecular flexibility index (Phi) is 5.35. The molecule has 1 N–H and O–H groups in total. The van der Waals surface area contributed by atoms with Gasteiger partial charge in [0.25, 0.3) is 5.91 Å². The lowest BCUT2D eigenvalue weighted by Crippen LogP contribution is -2.36. The Bertz CT molecular complexity index is 930. The normalized spacial score (nSPS) is 14.9. The van der Waals surface area contributed by atoms with Crippen LogP contribution in [0.1, 0.15) is 44.9 Å². The molecule has 6 nitrogen and oxygen atoms in total. The highest BCUT2D eigenvalue weighted by Crippen LogP contribution is 2.28. The highest BCUT2D eigenvalue weighted by Gasteiger charge is 2.27. The highest BCUT2D eigenvalue weighted by molar-refractivity contribution is 7.14. The van der Waals surface area contributed by atoms with Crippen molar-refractivity contribution >= 4 is 51.3 Å². The molecular weight excluding hydrogens is 384 g/mol. The number of halogens is 1. The maximum absolute atomic E-state index is 12.6. The largest absolute Gasteiger partial charge is 0.297 e. The average molecular weight is 405 g/mol. The molecule has 2 aromatic rings. The number of benzene rings is 1. The van der Waals surface area contributed by atoms with Crippen molar-refractivity contribution < 1.29 is 9.59 Å². The fraction of sp³-hybridized carbons (Fsp3) is 0.368. The number of aryl methyl sites for hydroxylation is 1. The Morgan fingerprint density at radius 1 is 1.30 bits per heavy atom. The zero-order valence-corrected chi connectivity index (χ0v) is 17.2. The summed E-state index contributed by atoms with van der Waals surface area (Å²) in [5, 5.41) is 11.3. The van der Waals surface area contributed by atoms with E-state index in [4.69, 9.17) is 11.6 Å². The maximum atomic E-state index is 12.6. The van der Waals surface area contributed by atoms with Crippen molar-refractivity contribution in [3.8, 4) is 0 Å². The van der Waals surface area contributed by atoms with Gasteiger partial charge in [0, 0.05) is 28.7 Å². The first-order chi connectivity index (χ1) is 12.6. The number of hydrogen-bond acceptors (Lipinski definition) is 5. The molecule has 1 aromatic carbocycles. The molecule has 0 spiro atoms. The predicted molar refractivity (Wildman–Crippen MR) is 110 cm³/mol. The van der Waals surface area contributed by atoms with E-state index in [2.05, 4.69) is 36.2 Å². The first-order valence-corrected chi connectivity index (χ1v) is 9.85. The molecule has 1 aromatic heterocycles. The Morgan fingerprint density at radius 2 is 2.04 bits per heavy atom. The quantitative estimate of drug-likeness (QED) is 0.816. The van der Waals surface area contributed by atoms with Crippen molar-refractivity contribution in [2.75, 3.05) is 10.3 Å². The Balaban J connectivity index is 1.80. The van der Waals surface area contributed by atoms with E-state index in [1.165, 1.54) is 16.3 Å². The molecule has 0 fully saturated rings. The lowest BCUT2D eigenvalue weighted by Gasteiger charge is -2.23. The van der Waals surface area contributed by atoms with Gasteiger partial charge in [-0.15, -0.1) is 11.3 Å². The van der Waals surface area contributed by atoms with E-state index in [-0.39, 0.29) is 30.1 Å². The molecule has 8 heteroatoms. The van der Waals surface area contributed by atoms with Crippen LogP contribution in [0.5, 0.6) is 0 Å². The summed E-state index contributed by atoms with van der Waals surface area (Å²) >= 11 is 7.53. The number of anilines is 2. The molecular formula is C19H21ClN4O2S. The second kappa shape index (κ2) is 7.40. The van der Waals surface area contributed by atoms with Crippen LogP contribution in [0.4, 0.5) is 10.8 Å². The third kappa shape index (κ3) is 4.36. The van der Waals surface area contributed by atoms with Gasteiger partial charge in [0.1, 0.15) is 5.71 Å². The molecule has 0 bridgehead atoms. The molecule has 0 aliphatic carbocycles. The van der Waals surface area contributed by atoms with Gasteiger partial charge < -0.3 is 0 Å². The number of carbonyl (C=O) groups is 2. The smallest absolute Gasteiger partial charge is 0.273 e.